The van der Waals surface area contributed by atoms with Gasteiger partial charge in [-0.1, -0.05) is 18.2 Å². The van der Waals surface area contributed by atoms with Crippen molar-refractivity contribution in [1.82, 2.24) is 20.1 Å². The standard InChI is InChI=1S/C28H34N6O3S/c1-19-16-25(33-32-19)30-24-17-22(20-10-12-34(13-11-20)27(35)37-28(2,3)4)23(18-29)26(31-24)38-15-14-36-21-8-6-5-7-9-21/h5-9,16-17,20H,10-15H2,1-4H3,(H2,30,31,32,33). The highest BCUT2D eigenvalue weighted by Crippen LogP contribution is 2.36. The van der Waals surface area contributed by atoms with Crippen LogP contribution in [0.3, 0.4) is 0 Å². The van der Waals surface area contributed by atoms with Gasteiger partial charge in [0.25, 0.3) is 0 Å². The second-order valence-corrected chi connectivity index (χ2v) is 11.3. The average Bonchev–Trinajstić information content (AvgIpc) is 3.30. The number of anilines is 2. The van der Waals surface area contributed by atoms with E-state index in [9.17, 15) is 10.1 Å². The zero-order valence-electron chi connectivity index (χ0n) is 22.3. The molecule has 0 unspecified atom stereocenters. The van der Waals surface area contributed by atoms with Gasteiger partial charge in [0, 0.05) is 30.6 Å². The van der Waals surface area contributed by atoms with Gasteiger partial charge in [-0.25, -0.2) is 9.78 Å². The van der Waals surface area contributed by atoms with Crippen LogP contribution < -0.4 is 10.1 Å². The van der Waals surface area contributed by atoms with Crippen LogP contribution in [0.15, 0.2) is 47.5 Å². The van der Waals surface area contributed by atoms with Gasteiger partial charge in [-0.05, 0) is 70.2 Å². The molecule has 9 nitrogen and oxygen atoms in total. The highest BCUT2D eigenvalue weighted by Gasteiger charge is 2.30. The SMILES string of the molecule is Cc1cc(Nc2cc(C3CCN(C(=O)OC(C)(C)C)CC3)c(C#N)c(SCCOc3ccccc3)n2)n[nH]1. The van der Waals surface area contributed by atoms with Crippen LogP contribution in [0.5, 0.6) is 5.75 Å². The number of pyridine rings is 1. The maximum Gasteiger partial charge on any atom is 0.410 e. The summed E-state index contributed by atoms with van der Waals surface area (Å²) in [6, 6.07) is 15.9. The summed E-state index contributed by atoms with van der Waals surface area (Å²) in [4.78, 5) is 19.1. The van der Waals surface area contributed by atoms with Crippen LogP contribution in [-0.2, 0) is 4.74 Å². The third-order valence-corrected chi connectivity index (χ3v) is 6.95. The van der Waals surface area contributed by atoms with E-state index in [1.54, 1.807) is 4.90 Å². The molecule has 1 aromatic carbocycles. The van der Waals surface area contributed by atoms with E-state index in [1.807, 2.05) is 70.2 Å². The number of hydrogen-bond acceptors (Lipinski definition) is 8. The molecule has 38 heavy (non-hydrogen) atoms. The summed E-state index contributed by atoms with van der Waals surface area (Å²) in [6.07, 6.45) is 1.18. The summed E-state index contributed by atoms with van der Waals surface area (Å²) >= 11 is 1.50. The number of piperidine rings is 1. The van der Waals surface area contributed by atoms with E-state index in [0.29, 0.717) is 47.7 Å². The Morgan fingerprint density at radius 1 is 1.21 bits per heavy atom. The number of nitrogens with one attached hydrogen (secondary N) is 2. The van der Waals surface area contributed by atoms with Crippen LogP contribution in [0.2, 0.25) is 0 Å². The fourth-order valence-electron chi connectivity index (χ4n) is 4.27. The minimum absolute atomic E-state index is 0.118. The van der Waals surface area contributed by atoms with Crippen LogP contribution in [-0.4, -0.2) is 57.2 Å². The Morgan fingerprint density at radius 3 is 2.58 bits per heavy atom. The summed E-state index contributed by atoms with van der Waals surface area (Å²) < 4.78 is 11.4. The Kier molecular flexibility index (Phi) is 8.79. The topological polar surface area (TPSA) is 116 Å². The van der Waals surface area contributed by atoms with E-state index in [0.717, 1.165) is 29.8 Å². The number of carbonyl (C=O) groups excluding carboxylic acids is 1. The van der Waals surface area contributed by atoms with Crippen molar-refractivity contribution in [2.75, 3.05) is 30.8 Å². The largest absolute Gasteiger partial charge is 0.493 e. The Morgan fingerprint density at radius 2 is 1.95 bits per heavy atom. The van der Waals surface area contributed by atoms with Crippen molar-refractivity contribution in [3.63, 3.8) is 0 Å². The molecule has 1 amide bonds. The number of amides is 1. The smallest absolute Gasteiger partial charge is 0.410 e. The number of aryl methyl sites for hydroxylation is 1. The van der Waals surface area contributed by atoms with E-state index in [1.165, 1.54) is 11.8 Å². The number of para-hydroxylation sites is 1. The lowest BCUT2D eigenvalue weighted by atomic mass is 9.87. The zero-order chi connectivity index (χ0) is 27.1. The number of nitrogens with zero attached hydrogens (tertiary/aromatic N) is 4. The summed E-state index contributed by atoms with van der Waals surface area (Å²) in [5, 5.41) is 21.3. The molecule has 0 radical (unpaired) electrons. The van der Waals surface area contributed by atoms with Gasteiger partial charge in [-0.2, -0.15) is 10.4 Å². The molecule has 3 heterocycles. The van der Waals surface area contributed by atoms with Crippen LogP contribution in [0.1, 0.15) is 56.4 Å². The maximum absolute atomic E-state index is 12.5. The molecule has 1 aliphatic rings. The lowest BCUT2D eigenvalue weighted by Gasteiger charge is -2.34. The minimum Gasteiger partial charge on any atom is -0.493 e. The highest BCUT2D eigenvalue weighted by molar-refractivity contribution is 7.99. The van der Waals surface area contributed by atoms with Crippen LogP contribution in [0.4, 0.5) is 16.4 Å². The number of aromatic nitrogens is 3. The number of benzene rings is 1. The third kappa shape index (κ3) is 7.42. The van der Waals surface area contributed by atoms with Gasteiger partial charge in [0.15, 0.2) is 5.82 Å². The monoisotopic (exact) mass is 534 g/mol. The normalized spacial score (nSPS) is 14.1. The van der Waals surface area contributed by atoms with Crippen molar-refractivity contribution in [2.45, 2.75) is 57.1 Å². The van der Waals surface area contributed by atoms with Crippen molar-refractivity contribution < 1.29 is 14.3 Å². The van der Waals surface area contributed by atoms with Crippen LogP contribution >= 0.6 is 11.8 Å². The molecule has 1 fully saturated rings. The summed E-state index contributed by atoms with van der Waals surface area (Å²) in [5.41, 5.74) is 1.92. The highest BCUT2D eigenvalue weighted by atomic mass is 32.2. The Bertz CT molecular complexity index is 1270. The number of carbonyl (C=O) groups is 1. The molecule has 0 bridgehead atoms. The second kappa shape index (κ2) is 12.2. The van der Waals surface area contributed by atoms with Crippen LogP contribution in [0, 0.1) is 18.3 Å². The minimum atomic E-state index is -0.533. The number of ether oxygens (including phenoxy) is 2. The fourth-order valence-corrected chi connectivity index (χ4v) is 5.10. The quantitative estimate of drug-likeness (QED) is 0.266. The van der Waals surface area contributed by atoms with Gasteiger partial charge in [0.1, 0.15) is 28.3 Å². The van der Waals surface area contributed by atoms with Gasteiger partial charge >= 0.3 is 6.09 Å². The number of aromatic amines is 1. The molecule has 0 atom stereocenters. The molecule has 4 rings (SSSR count). The molecule has 0 saturated carbocycles. The van der Waals surface area contributed by atoms with E-state index >= 15 is 0 Å². The molecule has 2 N–H and O–H groups in total. The van der Waals surface area contributed by atoms with Gasteiger partial charge in [-0.15, -0.1) is 11.8 Å². The lowest BCUT2D eigenvalue weighted by Crippen LogP contribution is -2.41. The first-order chi connectivity index (χ1) is 18.2. The molecule has 3 aromatic rings. The van der Waals surface area contributed by atoms with Gasteiger partial charge in [-0.3, -0.25) is 5.10 Å². The number of hydrogen-bond donors (Lipinski definition) is 2. The number of H-pyrrole nitrogens is 1. The van der Waals surface area contributed by atoms with Crippen molar-refractivity contribution in [2.24, 2.45) is 0 Å². The Balaban J connectivity index is 1.51. The first kappa shape index (κ1) is 27.3. The molecule has 10 heteroatoms. The maximum atomic E-state index is 12.5. The number of rotatable bonds is 8. The fraction of sp³-hybridized carbons (Fsp3) is 0.429. The van der Waals surface area contributed by atoms with E-state index in [2.05, 4.69) is 21.6 Å². The van der Waals surface area contributed by atoms with Crippen molar-refractivity contribution >= 4 is 29.5 Å². The number of thioether (sulfide) groups is 1. The molecule has 200 valence electrons. The second-order valence-electron chi connectivity index (χ2n) is 10.2. The van der Waals surface area contributed by atoms with E-state index in [-0.39, 0.29) is 12.0 Å². The first-order valence-corrected chi connectivity index (χ1v) is 13.7. The number of likely N-dealkylation sites (tertiary alicyclic amines) is 1. The van der Waals surface area contributed by atoms with Crippen molar-refractivity contribution in [3.8, 4) is 11.8 Å². The van der Waals surface area contributed by atoms with E-state index < -0.39 is 5.60 Å². The summed E-state index contributed by atoms with van der Waals surface area (Å²) in [5.74, 6) is 2.86. The molecule has 0 aliphatic carbocycles. The Labute approximate surface area is 227 Å². The van der Waals surface area contributed by atoms with Gasteiger partial charge in [0.2, 0.25) is 0 Å². The average molecular weight is 535 g/mol. The summed E-state index contributed by atoms with van der Waals surface area (Å²) in [7, 11) is 0. The Hall–Kier alpha value is -3.71. The zero-order valence-corrected chi connectivity index (χ0v) is 23.1. The van der Waals surface area contributed by atoms with Gasteiger partial charge in [0.05, 0.1) is 12.2 Å². The molecule has 1 aliphatic heterocycles. The third-order valence-electron chi connectivity index (χ3n) is 6.01. The predicted molar refractivity (Wildman–Crippen MR) is 148 cm³/mol. The van der Waals surface area contributed by atoms with Crippen molar-refractivity contribution in [1.29, 1.82) is 5.26 Å². The lowest BCUT2D eigenvalue weighted by molar-refractivity contribution is 0.0204. The van der Waals surface area contributed by atoms with Crippen molar-refractivity contribution in [3.05, 3.63) is 59.3 Å². The molecule has 2 aromatic heterocycles. The molecule has 1 saturated heterocycles. The molecular weight excluding hydrogens is 500 g/mol. The summed E-state index contributed by atoms with van der Waals surface area (Å²) in [6.45, 7) is 9.17. The van der Waals surface area contributed by atoms with E-state index in [4.69, 9.17) is 14.5 Å². The first-order valence-electron chi connectivity index (χ1n) is 12.7. The number of nitriles is 1. The molecule has 0 spiro atoms. The molecular formula is C28H34N6O3S. The predicted octanol–water partition coefficient (Wildman–Crippen LogP) is 6.01. The van der Waals surface area contributed by atoms with Crippen LogP contribution in [0.25, 0.3) is 0 Å². The van der Waals surface area contributed by atoms with Gasteiger partial charge < -0.3 is 19.7 Å².